The number of aliphatic hydroxyl groups excluding tert-OH is 3. The smallest absolute Gasteiger partial charge is 0.302 e. The molecule has 0 amide bonds. The molecule has 5 rings (SSSR count). The van der Waals surface area contributed by atoms with E-state index in [1.807, 2.05) is 0 Å². The summed E-state index contributed by atoms with van der Waals surface area (Å²) in [5, 5.41) is 45.2. The maximum atomic E-state index is 12.0. The summed E-state index contributed by atoms with van der Waals surface area (Å²) in [6.07, 6.45) is 2.91. The lowest BCUT2D eigenvalue weighted by molar-refractivity contribution is -0.181. The second-order valence-corrected chi connectivity index (χ2v) is 15.6. The third-order valence-electron chi connectivity index (χ3n) is 12.5. The van der Waals surface area contributed by atoms with Crippen molar-refractivity contribution < 1.29 is 34.7 Å². The monoisotopic (exact) mass is 548 g/mol. The molecule has 0 unspecified atom stereocenters. The number of ether oxygens (including phenoxy) is 2. The second kappa shape index (κ2) is 9.26. The molecule has 39 heavy (non-hydrogen) atoms. The van der Waals surface area contributed by atoms with Crippen molar-refractivity contribution in [3.05, 3.63) is 11.1 Å². The van der Waals surface area contributed by atoms with E-state index in [9.17, 15) is 25.2 Å². The van der Waals surface area contributed by atoms with Crippen molar-refractivity contribution in [1.29, 1.82) is 0 Å². The van der Waals surface area contributed by atoms with Gasteiger partial charge in [0.25, 0.3) is 0 Å². The SMILES string of the molecule is CC(=O)OC[C@H]1C[C@]2(C)[C@@H]([C@@]3(C)CC[C@@H](C(C)(C)O)O3)[C@@H](O)C[C@@]2(C)[C@@H]2C[C@H](O)[C@@H]3C(=C12)CC[C@H](O)C3(C)C. The van der Waals surface area contributed by atoms with Gasteiger partial charge < -0.3 is 29.9 Å². The van der Waals surface area contributed by atoms with Gasteiger partial charge in [-0.25, -0.2) is 0 Å². The quantitative estimate of drug-likeness (QED) is 0.308. The van der Waals surface area contributed by atoms with Gasteiger partial charge in [0.15, 0.2) is 0 Å². The molecule has 4 fully saturated rings. The van der Waals surface area contributed by atoms with Gasteiger partial charge in [-0.1, -0.05) is 38.8 Å². The lowest BCUT2D eigenvalue weighted by Gasteiger charge is -2.62. The molecule has 0 aromatic rings. The Bertz CT molecular complexity index is 1030. The summed E-state index contributed by atoms with van der Waals surface area (Å²) in [6.45, 7) is 16.1. The van der Waals surface area contributed by atoms with Crippen LogP contribution in [-0.2, 0) is 14.3 Å². The minimum absolute atomic E-state index is 0.0177. The van der Waals surface area contributed by atoms with Crippen LogP contribution in [0, 0.1) is 39.9 Å². The Labute approximate surface area is 234 Å². The maximum absolute atomic E-state index is 12.0. The van der Waals surface area contributed by atoms with Crippen molar-refractivity contribution >= 4 is 5.97 Å². The number of carbonyl (C=O) groups is 1. The highest BCUT2D eigenvalue weighted by Gasteiger charge is 2.71. The van der Waals surface area contributed by atoms with Crippen LogP contribution in [0.1, 0.15) is 100 Å². The van der Waals surface area contributed by atoms with Crippen LogP contribution in [0.2, 0.25) is 0 Å². The van der Waals surface area contributed by atoms with Crippen LogP contribution in [0.25, 0.3) is 0 Å². The Hall–Kier alpha value is -0.990. The van der Waals surface area contributed by atoms with E-state index in [4.69, 9.17) is 9.47 Å². The van der Waals surface area contributed by atoms with Crippen molar-refractivity contribution in [3.8, 4) is 0 Å². The number of aliphatic hydroxyl groups is 4. The van der Waals surface area contributed by atoms with Crippen molar-refractivity contribution in [2.45, 2.75) is 136 Å². The third kappa shape index (κ3) is 4.28. The van der Waals surface area contributed by atoms with E-state index >= 15 is 0 Å². The zero-order chi connectivity index (χ0) is 28.9. The van der Waals surface area contributed by atoms with E-state index in [1.165, 1.54) is 18.1 Å². The highest BCUT2D eigenvalue weighted by molar-refractivity contribution is 5.66. The molecule has 11 atom stereocenters. The van der Waals surface area contributed by atoms with Gasteiger partial charge in [0.1, 0.15) is 0 Å². The van der Waals surface area contributed by atoms with Crippen molar-refractivity contribution in [1.82, 2.24) is 0 Å². The zero-order valence-electron chi connectivity index (χ0n) is 25.3. The first-order valence-corrected chi connectivity index (χ1v) is 15.2. The van der Waals surface area contributed by atoms with E-state index in [0.717, 1.165) is 25.7 Å². The van der Waals surface area contributed by atoms with Gasteiger partial charge in [-0.3, -0.25) is 4.79 Å². The third-order valence-corrected chi connectivity index (χ3v) is 12.5. The summed E-state index contributed by atoms with van der Waals surface area (Å²) >= 11 is 0. The van der Waals surface area contributed by atoms with Crippen LogP contribution in [0.4, 0.5) is 0 Å². The van der Waals surface area contributed by atoms with Crippen LogP contribution >= 0.6 is 0 Å². The number of hydrogen-bond donors (Lipinski definition) is 4. The first-order chi connectivity index (χ1) is 17.9. The second-order valence-electron chi connectivity index (χ2n) is 15.6. The number of carbonyl (C=O) groups excluding carboxylic acids is 1. The zero-order valence-corrected chi connectivity index (χ0v) is 25.3. The number of esters is 1. The molecule has 7 heteroatoms. The first kappa shape index (κ1) is 29.5. The predicted octanol–water partition coefficient (Wildman–Crippen LogP) is 4.15. The molecule has 0 spiro atoms. The molecule has 0 aromatic carbocycles. The fraction of sp³-hybridized carbons (Fsp3) is 0.906. The molecule has 4 aliphatic carbocycles. The molecule has 7 nitrogen and oxygen atoms in total. The topological polar surface area (TPSA) is 116 Å². The van der Waals surface area contributed by atoms with E-state index in [-0.39, 0.29) is 53.2 Å². The highest BCUT2D eigenvalue weighted by Crippen LogP contribution is 2.73. The molecular formula is C32H52O7. The van der Waals surface area contributed by atoms with E-state index in [0.29, 0.717) is 19.3 Å². The van der Waals surface area contributed by atoms with Gasteiger partial charge >= 0.3 is 5.97 Å². The summed E-state index contributed by atoms with van der Waals surface area (Å²) in [5.74, 6) is -0.571. The lowest BCUT2D eigenvalue weighted by Crippen LogP contribution is -2.59. The minimum Gasteiger partial charge on any atom is -0.465 e. The molecule has 0 radical (unpaired) electrons. The summed E-state index contributed by atoms with van der Waals surface area (Å²) in [4.78, 5) is 12.0. The summed E-state index contributed by atoms with van der Waals surface area (Å²) in [7, 11) is 0. The van der Waals surface area contributed by atoms with E-state index in [1.54, 1.807) is 13.8 Å². The highest BCUT2D eigenvalue weighted by atomic mass is 16.5. The molecule has 1 saturated heterocycles. The Kier molecular flexibility index (Phi) is 7.00. The van der Waals surface area contributed by atoms with Gasteiger partial charge in [-0.2, -0.15) is 0 Å². The molecular weight excluding hydrogens is 496 g/mol. The minimum atomic E-state index is -0.964. The Morgan fingerprint density at radius 2 is 1.69 bits per heavy atom. The normalized spacial score (nSPS) is 49.3. The molecule has 5 aliphatic rings. The fourth-order valence-electron chi connectivity index (χ4n) is 10.5. The summed E-state index contributed by atoms with van der Waals surface area (Å²) < 4.78 is 12.4. The van der Waals surface area contributed by atoms with E-state index < -0.39 is 34.9 Å². The largest absolute Gasteiger partial charge is 0.465 e. The average molecular weight is 549 g/mol. The molecule has 222 valence electrons. The Balaban J connectivity index is 1.61. The first-order valence-electron chi connectivity index (χ1n) is 15.2. The molecule has 1 aliphatic heterocycles. The number of fused-ring (bicyclic) bond motifs is 4. The van der Waals surface area contributed by atoms with Crippen molar-refractivity contribution in [3.63, 3.8) is 0 Å². The van der Waals surface area contributed by atoms with Gasteiger partial charge in [-0.15, -0.1) is 0 Å². The van der Waals surface area contributed by atoms with Crippen LogP contribution in [-0.4, -0.2) is 68.6 Å². The van der Waals surface area contributed by atoms with Crippen LogP contribution in [0.15, 0.2) is 11.1 Å². The van der Waals surface area contributed by atoms with Gasteiger partial charge in [0.05, 0.1) is 42.2 Å². The van der Waals surface area contributed by atoms with Crippen LogP contribution in [0.5, 0.6) is 0 Å². The fourth-order valence-corrected chi connectivity index (χ4v) is 10.5. The van der Waals surface area contributed by atoms with E-state index in [2.05, 4.69) is 34.6 Å². The predicted molar refractivity (Wildman–Crippen MR) is 148 cm³/mol. The van der Waals surface area contributed by atoms with Gasteiger partial charge in [0, 0.05) is 24.7 Å². The Morgan fingerprint density at radius 1 is 1.03 bits per heavy atom. The number of hydrogen-bond acceptors (Lipinski definition) is 7. The molecule has 0 aromatic heterocycles. The molecule has 1 heterocycles. The van der Waals surface area contributed by atoms with Gasteiger partial charge in [-0.05, 0) is 87.9 Å². The molecule has 0 bridgehead atoms. The molecule has 4 N–H and O–H groups in total. The van der Waals surface area contributed by atoms with Crippen LogP contribution in [0.3, 0.4) is 0 Å². The van der Waals surface area contributed by atoms with Crippen molar-refractivity contribution in [2.75, 3.05) is 6.61 Å². The van der Waals surface area contributed by atoms with Crippen LogP contribution < -0.4 is 0 Å². The standard InChI is InChI=1S/C32H52O7/c1-17(33)38-16-18-14-31(7)27(32(8)12-11-24(39-32)29(4,5)37)22(35)15-30(31,6)20-13-21(34)26-19(25(18)20)9-10-23(36)28(26,2)3/h18,20-24,26-27,34-37H,9-16H2,1-8H3/t18-,20-,21+,22+,23+,24+,26+,27+,30+,31-,32-/m1/s1. The van der Waals surface area contributed by atoms with Crippen molar-refractivity contribution in [2.24, 2.45) is 39.9 Å². The lowest BCUT2D eigenvalue weighted by atomic mass is 9.43. The summed E-state index contributed by atoms with van der Waals surface area (Å²) in [5.41, 5.74) is -0.0886. The summed E-state index contributed by atoms with van der Waals surface area (Å²) in [6, 6.07) is 0. The van der Waals surface area contributed by atoms with Gasteiger partial charge in [0.2, 0.25) is 0 Å². The number of rotatable bonds is 4. The average Bonchev–Trinajstić information content (AvgIpc) is 3.29. The molecule has 3 saturated carbocycles. The maximum Gasteiger partial charge on any atom is 0.302 e. The Morgan fingerprint density at radius 3 is 2.28 bits per heavy atom.